The maximum atomic E-state index is 12.4. The van der Waals surface area contributed by atoms with Crippen LogP contribution < -0.4 is 0 Å². The number of phenolic OH excluding ortho intramolecular Hbond substituents is 1. The van der Waals surface area contributed by atoms with E-state index in [4.69, 9.17) is 23.2 Å². The molecule has 1 saturated carbocycles. The molecule has 1 aromatic rings. The number of fused-ring (bicyclic) bond motifs is 1. The SMILES string of the molecule is O=C1c2c(cc(O)c(Cl)c2Cl)C[C@H]1CC1CCCC1. The van der Waals surface area contributed by atoms with Crippen LogP contribution in [0.3, 0.4) is 0 Å². The number of halogens is 2. The Bertz CT molecular complexity index is 533. The Morgan fingerprint density at radius 2 is 1.89 bits per heavy atom. The van der Waals surface area contributed by atoms with E-state index in [1.54, 1.807) is 6.07 Å². The largest absolute Gasteiger partial charge is 0.506 e. The maximum Gasteiger partial charge on any atom is 0.168 e. The molecule has 1 N–H and O–H groups in total. The molecule has 2 aliphatic rings. The average Bonchev–Trinajstić information content (AvgIpc) is 2.97. The van der Waals surface area contributed by atoms with E-state index in [1.807, 2.05) is 0 Å². The van der Waals surface area contributed by atoms with Crippen LogP contribution in [-0.4, -0.2) is 10.9 Å². The summed E-state index contributed by atoms with van der Waals surface area (Å²) in [5.74, 6) is 0.771. The topological polar surface area (TPSA) is 37.3 Å². The van der Waals surface area contributed by atoms with Crippen molar-refractivity contribution in [1.29, 1.82) is 0 Å². The van der Waals surface area contributed by atoms with Gasteiger partial charge in [-0.2, -0.15) is 0 Å². The summed E-state index contributed by atoms with van der Waals surface area (Å²) in [5.41, 5.74) is 1.38. The minimum atomic E-state index is -0.0280. The molecule has 3 rings (SSSR count). The van der Waals surface area contributed by atoms with E-state index in [2.05, 4.69) is 0 Å². The van der Waals surface area contributed by atoms with E-state index in [9.17, 15) is 9.90 Å². The number of hydrogen-bond acceptors (Lipinski definition) is 2. The van der Waals surface area contributed by atoms with E-state index in [-0.39, 0.29) is 27.5 Å². The van der Waals surface area contributed by atoms with Crippen LogP contribution in [0.1, 0.15) is 48.0 Å². The standard InChI is InChI=1S/C15H16Cl2O2/c16-13-11(18)7-9-6-10(5-8-3-1-2-4-8)15(19)12(9)14(13)17/h7-8,10,18H,1-6H2/t10-/m1/s1. The summed E-state index contributed by atoms with van der Waals surface area (Å²) in [6, 6.07) is 1.59. The first kappa shape index (κ1) is 13.3. The lowest BCUT2D eigenvalue weighted by atomic mass is 9.90. The third-order valence-electron chi connectivity index (χ3n) is 4.45. The third kappa shape index (κ3) is 2.25. The molecule has 0 amide bonds. The molecule has 2 aliphatic carbocycles. The number of phenols is 1. The highest BCUT2D eigenvalue weighted by atomic mass is 35.5. The van der Waals surface area contributed by atoms with Gasteiger partial charge in [0.05, 0.1) is 5.02 Å². The van der Waals surface area contributed by atoms with Crippen molar-refractivity contribution in [3.8, 4) is 5.75 Å². The summed E-state index contributed by atoms with van der Waals surface area (Å²) in [7, 11) is 0. The second kappa shape index (κ2) is 4.99. The molecule has 102 valence electrons. The molecule has 4 heteroatoms. The predicted octanol–water partition coefficient (Wildman–Crippen LogP) is 4.63. The van der Waals surface area contributed by atoms with Gasteiger partial charge in [0.25, 0.3) is 0 Å². The van der Waals surface area contributed by atoms with Gasteiger partial charge in [-0.05, 0) is 30.4 Å². The number of ketones is 1. The first-order chi connectivity index (χ1) is 9.08. The van der Waals surface area contributed by atoms with E-state index in [0.717, 1.165) is 12.0 Å². The van der Waals surface area contributed by atoms with Gasteiger partial charge in [-0.1, -0.05) is 48.9 Å². The molecule has 0 spiro atoms. The van der Waals surface area contributed by atoms with Gasteiger partial charge < -0.3 is 5.11 Å². The van der Waals surface area contributed by atoms with Gasteiger partial charge >= 0.3 is 0 Å². The first-order valence-electron chi connectivity index (χ1n) is 6.82. The predicted molar refractivity (Wildman–Crippen MR) is 76.2 cm³/mol. The molecule has 0 aromatic heterocycles. The van der Waals surface area contributed by atoms with Crippen LogP contribution in [-0.2, 0) is 6.42 Å². The number of Topliss-reactive ketones (excluding diaryl/α,β-unsaturated/α-hetero) is 1. The molecular weight excluding hydrogens is 283 g/mol. The molecule has 1 fully saturated rings. The van der Waals surface area contributed by atoms with Gasteiger partial charge in [0.1, 0.15) is 10.8 Å². The molecular formula is C15H16Cl2O2. The van der Waals surface area contributed by atoms with E-state index in [1.165, 1.54) is 25.7 Å². The highest BCUT2D eigenvalue weighted by Gasteiger charge is 2.36. The summed E-state index contributed by atoms with van der Waals surface area (Å²) in [4.78, 5) is 12.4. The Labute approximate surface area is 122 Å². The minimum Gasteiger partial charge on any atom is -0.506 e. The van der Waals surface area contributed by atoms with Crippen molar-refractivity contribution in [2.24, 2.45) is 11.8 Å². The maximum absolute atomic E-state index is 12.4. The molecule has 19 heavy (non-hydrogen) atoms. The number of carbonyl (C=O) groups is 1. The smallest absolute Gasteiger partial charge is 0.168 e. The number of aromatic hydroxyl groups is 1. The number of rotatable bonds is 2. The zero-order valence-corrected chi connectivity index (χ0v) is 12.1. The van der Waals surface area contributed by atoms with Crippen LogP contribution >= 0.6 is 23.2 Å². The lowest BCUT2D eigenvalue weighted by Crippen LogP contribution is -2.13. The second-order valence-electron chi connectivity index (χ2n) is 5.71. The van der Waals surface area contributed by atoms with Crippen molar-refractivity contribution in [3.63, 3.8) is 0 Å². The molecule has 0 radical (unpaired) electrons. The Morgan fingerprint density at radius 1 is 1.21 bits per heavy atom. The summed E-state index contributed by atoms with van der Waals surface area (Å²) in [5, 5.41) is 10.0. The van der Waals surface area contributed by atoms with Gasteiger partial charge in [0, 0.05) is 11.5 Å². The lowest BCUT2D eigenvalue weighted by molar-refractivity contribution is 0.0919. The first-order valence-corrected chi connectivity index (χ1v) is 7.57. The molecule has 0 aliphatic heterocycles. The van der Waals surface area contributed by atoms with E-state index in [0.29, 0.717) is 17.9 Å². The van der Waals surface area contributed by atoms with Crippen molar-refractivity contribution >= 4 is 29.0 Å². The Hall–Kier alpha value is -0.730. The summed E-state index contributed by atoms with van der Waals surface area (Å²) >= 11 is 12.0. The normalized spacial score (nSPS) is 23.1. The fourth-order valence-electron chi connectivity index (χ4n) is 3.49. The fourth-order valence-corrected chi connectivity index (χ4v) is 3.95. The van der Waals surface area contributed by atoms with E-state index < -0.39 is 0 Å². The quantitative estimate of drug-likeness (QED) is 0.864. The molecule has 1 atom stereocenters. The van der Waals surface area contributed by atoms with Crippen LogP contribution in [0.25, 0.3) is 0 Å². The van der Waals surface area contributed by atoms with Gasteiger partial charge in [-0.3, -0.25) is 4.79 Å². The molecule has 2 nitrogen and oxygen atoms in total. The van der Waals surface area contributed by atoms with Crippen molar-refractivity contribution < 1.29 is 9.90 Å². The minimum absolute atomic E-state index is 0.0217. The zero-order valence-electron chi connectivity index (χ0n) is 10.6. The van der Waals surface area contributed by atoms with Crippen LogP contribution in [0.15, 0.2) is 6.07 Å². The van der Waals surface area contributed by atoms with Gasteiger partial charge in [-0.15, -0.1) is 0 Å². The molecule has 0 unspecified atom stereocenters. The van der Waals surface area contributed by atoms with Crippen molar-refractivity contribution in [2.45, 2.75) is 38.5 Å². The third-order valence-corrected chi connectivity index (χ3v) is 5.30. The molecule has 0 saturated heterocycles. The molecule has 0 heterocycles. The summed E-state index contributed by atoms with van der Waals surface area (Å²) in [6.45, 7) is 0. The second-order valence-corrected chi connectivity index (χ2v) is 6.47. The highest BCUT2D eigenvalue weighted by Crippen LogP contribution is 2.44. The fraction of sp³-hybridized carbons (Fsp3) is 0.533. The van der Waals surface area contributed by atoms with E-state index >= 15 is 0 Å². The number of hydrogen-bond donors (Lipinski definition) is 1. The van der Waals surface area contributed by atoms with Crippen LogP contribution in [0.5, 0.6) is 5.75 Å². The van der Waals surface area contributed by atoms with Crippen molar-refractivity contribution in [1.82, 2.24) is 0 Å². The Morgan fingerprint density at radius 3 is 2.58 bits per heavy atom. The zero-order chi connectivity index (χ0) is 13.6. The Kier molecular flexibility index (Phi) is 3.48. The molecule has 0 bridgehead atoms. The monoisotopic (exact) mass is 298 g/mol. The van der Waals surface area contributed by atoms with Crippen molar-refractivity contribution in [2.75, 3.05) is 0 Å². The van der Waals surface area contributed by atoms with Crippen molar-refractivity contribution in [3.05, 3.63) is 27.2 Å². The summed E-state index contributed by atoms with van der Waals surface area (Å²) < 4.78 is 0. The Balaban J connectivity index is 1.87. The van der Waals surface area contributed by atoms with Crippen LogP contribution in [0.4, 0.5) is 0 Å². The van der Waals surface area contributed by atoms with Gasteiger partial charge in [0.15, 0.2) is 5.78 Å². The molecule has 1 aromatic carbocycles. The lowest BCUT2D eigenvalue weighted by Gasteiger charge is -2.13. The number of benzene rings is 1. The number of carbonyl (C=O) groups excluding carboxylic acids is 1. The van der Waals surface area contributed by atoms with Gasteiger partial charge in [0.2, 0.25) is 0 Å². The average molecular weight is 299 g/mol. The summed E-state index contributed by atoms with van der Waals surface area (Å²) in [6.07, 6.45) is 6.68. The van der Waals surface area contributed by atoms with Crippen LogP contribution in [0.2, 0.25) is 10.0 Å². The highest BCUT2D eigenvalue weighted by molar-refractivity contribution is 6.45. The van der Waals surface area contributed by atoms with Gasteiger partial charge in [-0.25, -0.2) is 0 Å². The van der Waals surface area contributed by atoms with Crippen LogP contribution in [0, 0.1) is 11.8 Å².